The maximum Gasteiger partial charge on any atom is 0.0590 e. The molecule has 0 aliphatic carbocycles. The van der Waals surface area contributed by atoms with Gasteiger partial charge in [0.15, 0.2) is 0 Å². The molecule has 0 spiro atoms. The van der Waals surface area contributed by atoms with Crippen LogP contribution in [0.4, 0.5) is 0 Å². The van der Waals surface area contributed by atoms with Gasteiger partial charge in [0.25, 0.3) is 0 Å². The molecule has 0 radical (unpaired) electrons. The summed E-state index contributed by atoms with van der Waals surface area (Å²) < 4.78 is 5.01. The SMILES string of the molecule is CCOCCNC.[HH]. The predicted molar refractivity (Wildman–Crippen MR) is 32.5 cm³/mol. The first-order valence-corrected chi connectivity index (χ1v) is 2.64. The van der Waals surface area contributed by atoms with Gasteiger partial charge in [-0.15, -0.1) is 0 Å². The summed E-state index contributed by atoms with van der Waals surface area (Å²) in [4.78, 5) is 0. The summed E-state index contributed by atoms with van der Waals surface area (Å²) in [7, 11) is 1.92. The van der Waals surface area contributed by atoms with Crippen LogP contribution < -0.4 is 5.32 Å². The largest absolute Gasteiger partial charge is 0.380 e. The van der Waals surface area contributed by atoms with E-state index in [2.05, 4.69) is 5.32 Å². The van der Waals surface area contributed by atoms with Gasteiger partial charge in [0.1, 0.15) is 0 Å². The molecule has 7 heavy (non-hydrogen) atoms. The van der Waals surface area contributed by atoms with Gasteiger partial charge in [-0.3, -0.25) is 0 Å². The number of rotatable bonds is 4. The fraction of sp³-hybridized carbons (Fsp3) is 1.00. The van der Waals surface area contributed by atoms with E-state index in [4.69, 9.17) is 4.74 Å². The van der Waals surface area contributed by atoms with Crippen molar-refractivity contribution in [3.63, 3.8) is 0 Å². The number of hydrogen-bond acceptors (Lipinski definition) is 2. The zero-order valence-corrected chi connectivity index (χ0v) is 5.03. The second kappa shape index (κ2) is 5.92. The average molecular weight is 105 g/mol. The van der Waals surface area contributed by atoms with Gasteiger partial charge in [0.05, 0.1) is 6.61 Å². The number of nitrogens with one attached hydrogen (secondary N) is 1. The van der Waals surface area contributed by atoms with E-state index in [1.807, 2.05) is 14.0 Å². The van der Waals surface area contributed by atoms with Crippen molar-refractivity contribution in [1.29, 1.82) is 0 Å². The third-order valence-corrected chi connectivity index (χ3v) is 0.701. The van der Waals surface area contributed by atoms with Gasteiger partial charge in [0.2, 0.25) is 0 Å². The Bertz CT molecular complexity index is 31.6. The second-order valence-electron chi connectivity index (χ2n) is 1.30. The van der Waals surface area contributed by atoms with Gasteiger partial charge in [-0.25, -0.2) is 0 Å². The lowest BCUT2D eigenvalue weighted by molar-refractivity contribution is 0.151. The summed E-state index contributed by atoms with van der Waals surface area (Å²) in [5, 5.41) is 2.98. The number of likely N-dealkylation sites (N-methyl/N-ethyl adjacent to an activating group) is 1. The molecule has 46 valence electrons. The normalized spacial score (nSPS) is 9.43. The van der Waals surface area contributed by atoms with Gasteiger partial charge in [0, 0.05) is 14.6 Å². The van der Waals surface area contributed by atoms with Crippen LogP contribution >= 0.6 is 0 Å². The van der Waals surface area contributed by atoms with Crippen LogP contribution in [0.5, 0.6) is 0 Å². The van der Waals surface area contributed by atoms with Crippen molar-refractivity contribution in [2.75, 3.05) is 26.8 Å². The standard InChI is InChI=1S/C5H13NO.H2/c1-3-7-5-4-6-2;/h6H,3-5H2,1-2H3;1H. The highest BCUT2D eigenvalue weighted by atomic mass is 16.5. The Morgan fingerprint density at radius 3 is 2.86 bits per heavy atom. The van der Waals surface area contributed by atoms with E-state index in [-0.39, 0.29) is 1.43 Å². The minimum absolute atomic E-state index is 0. The summed E-state index contributed by atoms with van der Waals surface area (Å²) in [6, 6.07) is 0. The van der Waals surface area contributed by atoms with Crippen LogP contribution in [0.2, 0.25) is 0 Å². The minimum atomic E-state index is 0. The molecule has 0 aromatic rings. The molecule has 0 fully saturated rings. The van der Waals surface area contributed by atoms with Crippen molar-refractivity contribution >= 4 is 0 Å². The quantitative estimate of drug-likeness (QED) is 0.525. The van der Waals surface area contributed by atoms with Crippen molar-refractivity contribution in [1.82, 2.24) is 5.32 Å². The van der Waals surface area contributed by atoms with Crippen molar-refractivity contribution < 1.29 is 6.16 Å². The average Bonchev–Trinajstić information content (AvgIpc) is 1.69. The fourth-order valence-electron chi connectivity index (χ4n) is 0.319. The van der Waals surface area contributed by atoms with Gasteiger partial charge in [-0.05, 0) is 14.0 Å². The van der Waals surface area contributed by atoms with Crippen molar-refractivity contribution in [3.8, 4) is 0 Å². The molecule has 2 nitrogen and oxygen atoms in total. The van der Waals surface area contributed by atoms with Gasteiger partial charge >= 0.3 is 0 Å². The molecule has 0 amide bonds. The van der Waals surface area contributed by atoms with Crippen LogP contribution in [0.15, 0.2) is 0 Å². The second-order valence-corrected chi connectivity index (χ2v) is 1.30. The Morgan fingerprint density at radius 2 is 2.43 bits per heavy atom. The van der Waals surface area contributed by atoms with Crippen molar-refractivity contribution in [2.24, 2.45) is 0 Å². The maximum atomic E-state index is 5.01. The molecule has 0 aromatic heterocycles. The predicted octanol–water partition coefficient (Wildman–Crippen LogP) is 0.488. The highest BCUT2D eigenvalue weighted by Crippen LogP contribution is 1.67. The highest BCUT2D eigenvalue weighted by molar-refractivity contribution is 4.32. The van der Waals surface area contributed by atoms with E-state index in [0.29, 0.717) is 0 Å². The van der Waals surface area contributed by atoms with Gasteiger partial charge in [-0.2, -0.15) is 0 Å². The zero-order chi connectivity index (χ0) is 5.54. The summed E-state index contributed by atoms with van der Waals surface area (Å²) in [6.07, 6.45) is 0. The van der Waals surface area contributed by atoms with Crippen LogP contribution in [0.1, 0.15) is 8.35 Å². The van der Waals surface area contributed by atoms with E-state index in [1.165, 1.54) is 0 Å². The Morgan fingerprint density at radius 1 is 1.71 bits per heavy atom. The molecule has 0 aliphatic rings. The molecule has 0 aliphatic heterocycles. The molecule has 0 heterocycles. The number of hydrogen-bond donors (Lipinski definition) is 1. The molecule has 0 atom stereocenters. The maximum absolute atomic E-state index is 5.01. The highest BCUT2D eigenvalue weighted by Gasteiger charge is 1.76. The van der Waals surface area contributed by atoms with Crippen LogP contribution in [0.3, 0.4) is 0 Å². The molecule has 0 saturated heterocycles. The van der Waals surface area contributed by atoms with E-state index >= 15 is 0 Å². The third kappa shape index (κ3) is 5.92. The molecule has 0 bridgehead atoms. The molecule has 0 saturated carbocycles. The molecule has 0 unspecified atom stereocenters. The first-order chi connectivity index (χ1) is 3.41. The van der Waals surface area contributed by atoms with Crippen LogP contribution in [0, 0.1) is 0 Å². The van der Waals surface area contributed by atoms with Crippen LogP contribution in [-0.4, -0.2) is 26.8 Å². The van der Waals surface area contributed by atoms with Gasteiger partial charge < -0.3 is 10.1 Å². The minimum Gasteiger partial charge on any atom is -0.380 e. The van der Waals surface area contributed by atoms with E-state index in [9.17, 15) is 0 Å². The zero-order valence-electron chi connectivity index (χ0n) is 5.03. The Balaban J connectivity index is 0. The molecule has 2 heteroatoms. The molecular weight excluding hydrogens is 90.1 g/mol. The Labute approximate surface area is 46.3 Å². The monoisotopic (exact) mass is 105 g/mol. The lowest BCUT2D eigenvalue weighted by Gasteiger charge is -1.96. The molecule has 0 aromatic carbocycles. The topological polar surface area (TPSA) is 21.3 Å². The first kappa shape index (κ1) is 6.92. The van der Waals surface area contributed by atoms with Crippen LogP contribution in [-0.2, 0) is 4.74 Å². The van der Waals surface area contributed by atoms with Crippen molar-refractivity contribution in [2.45, 2.75) is 6.92 Å². The van der Waals surface area contributed by atoms with Crippen molar-refractivity contribution in [3.05, 3.63) is 0 Å². The third-order valence-electron chi connectivity index (χ3n) is 0.701. The Kier molecular flexibility index (Phi) is 5.85. The lowest BCUT2D eigenvalue weighted by atomic mass is 10.7. The van der Waals surface area contributed by atoms with Gasteiger partial charge in [-0.1, -0.05) is 0 Å². The fourth-order valence-corrected chi connectivity index (χ4v) is 0.319. The summed E-state index contributed by atoms with van der Waals surface area (Å²) >= 11 is 0. The van der Waals surface area contributed by atoms with E-state index < -0.39 is 0 Å². The Hall–Kier alpha value is -0.0800. The molecular formula is C5H15NO. The van der Waals surface area contributed by atoms with Crippen LogP contribution in [0.25, 0.3) is 0 Å². The summed E-state index contributed by atoms with van der Waals surface area (Å²) in [5.41, 5.74) is 0. The lowest BCUT2D eigenvalue weighted by Crippen LogP contribution is -2.13. The molecule has 0 rings (SSSR count). The van der Waals surface area contributed by atoms with E-state index in [0.717, 1.165) is 19.8 Å². The summed E-state index contributed by atoms with van der Waals surface area (Å²) in [6.45, 7) is 4.60. The van der Waals surface area contributed by atoms with E-state index in [1.54, 1.807) is 0 Å². The first-order valence-electron chi connectivity index (χ1n) is 2.64. The summed E-state index contributed by atoms with van der Waals surface area (Å²) in [5.74, 6) is 0. The molecule has 1 N–H and O–H groups in total. The number of ether oxygens (including phenoxy) is 1. The smallest absolute Gasteiger partial charge is 0.0590 e.